The quantitative estimate of drug-likeness (QED) is 0.622. The summed E-state index contributed by atoms with van der Waals surface area (Å²) in [6.07, 6.45) is 1.00. The Morgan fingerprint density at radius 2 is 1.93 bits per heavy atom. The zero-order chi connectivity index (χ0) is 19.2. The first-order valence-corrected chi connectivity index (χ1v) is 9.85. The van der Waals surface area contributed by atoms with E-state index in [1.54, 1.807) is 18.2 Å². The highest BCUT2D eigenvalue weighted by Gasteiger charge is 2.32. The summed E-state index contributed by atoms with van der Waals surface area (Å²) >= 11 is 1.39. The molecular weight excluding hydrogens is 401 g/mol. The molecule has 1 aliphatic rings. The van der Waals surface area contributed by atoms with Gasteiger partial charge in [0.1, 0.15) is 11.9 Å². The highest BCUT2D eigenvalue weighted by atomic mass is 35.5. The monoisotopic (exact) mass is 423 g/mol. The van der Waals surface area contributed by atoms with Crippen molar-refractivity contribution in [3.8, 4) is 0 Å². The fourth-order valence-electron chi connectivity index (χ4n) is 2.89. The van der Waals surface area contributed by atoms with Crippen LogP contribution in [0.3, 0.4) is 0 Å². The van der Waals surface area contributed by atoms with E-state index in [4.69, 9.17) is 5.73 Å². The minimum absolute atomic E-state index is 0. The number of hydrogen-bond acceptors (Lipinski definition) is 4. The van der Waals surface area contributed by atoms with E-state index in [1.165, 1.54) is 17.8 Å². The van der Waals surface area contributed by atoms with E-state index in [1.807, 2.05) is 24.3 Å². The van der Waals surface area contributed by atoms with Crippen LogP contribution in [0.1, 0.15) is 11.1 Å². The van der Waals surface area contributed by atoms with E-state index >= 15 is 0 Å². The summed E-state index contributed by atoms with van der Waals surface area (Å²) in [4.78, 5) is 24.6. The van der Waals surface area contributed by atoms with E-state index in [0.717, 1.165) is 5.56 Å². The summed E-state index contributed by atoms with van der Waals surface area (Å²) in [6.45, 7) is 0.485. The van der Waals surface area contributed by atoms with Crippen LogP contribution in [0.15, 0.2) is 48.5 Å². The van der Waals surface area contributed by atoms with Crippen molar-refractivity contribution in [2.45, 2.75) is 24.1 Å². The summed E-state index contributed by atoms with van der Waals surface area (Å²) < 4.78 is 13.8. The molecule has 2 aromatic rings. The molecule has 4 N–H and O–H groups in total. The Balaban J connectivity index is 0.00000280. The zero-order valence-corrected chi connectivity index (χ0v) is 16.8. The Labute approximate surface area is 174 Å². The molecule has 5 nitrogen and oxygen atoms in total. The van der Waals surface area contributed by atoms with Gasteiger partial charge in [0.25, 0.3) is 0 Å². The van der Waals surface area contributed by atoms with Gasteiger partial charge in [0.2, 0.25) is 11.8 Å². The fourth-order valence-corrected chi connectivity index (χ4v) is 4.06. The predicted octanol–water partition coefficient (Wildman–Crippen LogP) is 2.33. The van der Waals surface area contributed by atoms with Gasteiger partial charge in [-0.3, -0.25) is 9.59 Å². The highest BCUT2D eigenvalue weighted by Crippen LogP contribution is 2.23. The van der Waals surface area contributed by atoms with Crippen LogP contribution in [0.5, 0.6) is 0 Å². The van der Waals surface area contributed by atoms with Crippen LogP contribution in [0.25, 0.3) is 0 Å². The molecule has 8 heteroatoms. The number of nitrogens with one attached hydrogen (secondary N) is 2. The van der Waals surface area contributed by atoms with Gasteiger partial charge in [0.05, 0.1) is 5.25 Å². The second-order valence-corrected chi connectivity index (χ2v) is 7.70. The third kappa shape index (κ3) is 5.87. The van der Waals surface area contributed by atoms with E-state index in [0.29, 0.717) is 36.4 Å². The topological polar surface area (TPSA) is 84.2 Å². The Bertz CT molecular complexity index is 819. The molecule has 1 fully saturated rings. The molecule has 0 bridgehead atoms. The summed E-state index contributed by atoms with van der Waals surface area (Å²) in [7, 11) is 0. The lowest BCUT2D eigenvalue weighted by atomic mass is 10.1. The van der Waals surface area contributed by atoms with Gasteiger partial charge in [-0.1, -0.05) is 30.3 Å². The summed E-state index contributed by atoms with van der Waals surface area (Å²) in [6, 6.07) is 13.4. The fraction of sp³-hybridized carbons (Fsp3) is 0.300. The molecule has 2 aromatic carbocycles. The lowest BCUT2D eigenvalue weighted by Gasteiger charge is -2.28. The van der Waals surface area contributed by atoms with Crippen LogP contribution in [-0.4, -0.2) is 35.4 Å². The number of rotatable bonds is 6. The van der Waals surface area contributed by atoms with Gasteiger partial charge >= 0.3 is 0 Å². The molecule has 28 heavy (non-hydrogen) atoms. The first-order valence-electron chi connectivity index (χ1n) is 8.80. The van der Waals surface area contributed by atoms with Gasteiger partial charge in [-0.2, -0.15) is 0 Å². The molecule has 1 heterocycles. The van der Waals surface area contributed by atoms with Crippen LogP contribution in [0.4, 0.5) is 10.1 Å². The van der Waals surface area contributed by atoms with Crippen molar-refractivity contribution in [1.82, 2.24) is 10.6 Å². The number of halogens is 2. The summed E-state index contributed by atoms with van der Waals surface area (Å²) in [5.41, 5.74) is 7.94. The third-order valence-electron chi connectivity index (χ3n) is 4.45. The molecule has 0 radical (unpaired) electrons. The molecule has 1 aliphatic heterocycles. The van der Waals surface area contributed by atoms with E-state index in [2.05, 4.69) is 10.6 Å². The van der Waals surface area contributed by atoms with Gasteiger partial charge in [-0.25, -0.2) is 4.39 Å². The Hall–Kier alpha value is -2.25. The van der Waals surface area contributed by atoms with E-state index < -0.39 is 6.04 Å². The maximum absolute atomic E-state index is 13.8. The van der Waals surface area contributed by atoms with Gasteiger partial charge < -0.3 is 16.4 Å². The summed E-state index contributed by atoms with van der Waals surface area (Å²) in [5, 5.41) is 5.21. The SMILES string of the molecule is Cl.Nc1ccc(CCNC(=O)C2CSC(Cc3ccccc3F)C(=O)N2)cc1. The van der Waals surface area contributed by atoms with Gasteiger partial charge in [0.15, 0.2) is 0 Å². The standard InChI is InChI=1S/C20H22FN3O2S.ClH/c21-16-4-2-1-3-14(16)11-18-20(26)24-17(12-27-18)19(25)23-10-9-13-5-7-15(22)8-6-13;/h1-8,17-18H,9-12,22H2,(H,23,25)(H,24,26);1H. The largest absolute Gasteiger partial charge is 0.399 e. The van der Waals surface area contributed by atoms with Gasteiger partial charge in [-0.05, 0) is 42.2 Å². The second-order valence-electron chi connectivity index (χ2n) is 6.46. The van der Waals surface area contributed by atoms with Gasteiger partial charge in [0, 0.05) is 18.0 Å². The first-order chi connectivity index (χ1) is 13.0. The number of amides is 2. The molecule has 2 atom stereocenters. The van der Waals surface area contributed by atoms with Crippen molar-refractivity contribution in [3.05, 3.63) is 65.5 Å². The molecule has 3 rings (SSSR count). The maximum atomic E-state index is 13.8. The third-order valence-corrected chi connectivity index (χ3v) is 5.75. The average Bonchev–Trinajstić information content (AvgIpc) is 2.66. The highest BCUT2D eigenvalue weighted by molar-refractivity contribution is 8.00. The van der Waals surface area contributed by atoms with Crippen molar-refractivity contribution in [3.63, 3.8) is 0 Å². The number of carbonyl (C=O) groups is 2. The number of thioether (sulfide) groups is 1. The lowest BCUT2D eigenvalue weighted by Crippen LogP contribution is -2.54. The van der Waals surface area contributed by atoms with Crippen molar-refractivity contribution in [2.24, 2.45) is 0 Å². The molecule has 2 unspecified atom stereocenters. The Morgan fingerprint density at radius 3 is 2.61 bits per heavy atom. The molecule has 0 aromatic heterocycles. The van der Waals surface area contributed by atoms with Gasteiger partial charge in [-0.15, -0.1) is 24.2 Å². The number of nitrogen functional groups attached to an aromatic ring is 1. The second kappa shape index (κ2) is 10.3. The zero-order valence-electron chi connectivity index (χ0n) is 15.2. The predicted molar refractivity (Wildman–Crippen MR) is 113 cm³/mol. The molecule has 1 saturated heterocycles. The van der Waals surface area contributed by atoms with E-state index in [9.17, 15) is 14.0 Å². The molecule has 0 aliphatic carbocycles. The molecular formula is C20H23ClFN3O2S. The number of benzene rings is 2. The normalized spacial score (nSPS) is 18.7. The molecule has 150 valence electrons. The van der Waals surface area contributed by atoms with E-state index in [-0.39, 0.29) is 35.3 Å². The van der Waals surface area contributed by atoms with Crippen LogP contribution in [0.2, 0.25) is 0 Å². The van der Waals surface area contributed by atoms with Crippen molar-refractivity contribution >= 4 is 41.7 Å². The average molecular weight is 424 g/mol. The number of hydrogen-bond donors (Lipinski definition) is 3. The van der Waals surface area contributed by atoms with Crippen LogP contribution < -0.4 is 16.4 Å². The molecule has 0 spiro atoms. The smallest absolute Gasteiger partial charge is 0.243 e. The molecule has 0 saturated carbocycles. The maximum Gasteiger partial charge on any atom is 0.243 e. The Morgan fingerprint density at radius 1 is 1.21 bits per heavy atom. The molecule has 2 amide bonds. The van der Waals surface area contributed by atoms with Crippen molar-refractivity contribution < 1.29 is 14.0 Å². The van der Waals surface area contributed by atoms with Crippen LogP contribution in [-0.2, 0) is 22.4 Å². The van der Waals surface area contributed by atoms with Crippen molar-refractivity contribution in [1.29, 1.82) is 0 Å². The lowest BCUT2D eigenvalue weighted by molar-refractivity contribution is -0.128. The summed E-state index contributed by atoms with van der Waals surface area (Å²) in [5.74, 6) is -0.268. The minimum Gasteiger partial charge on any atom is -0.399 e. The number of anilines is 1. The first kappa shape index (κ1) is 22.0. The number of carbonyl (C=O) groups excluding carboxylic acids is 2. The van der Waals surface area contributed by atoms with Crippen LogP contribution in [0, 0.1) is 5.82 Å². The Kier molecular flexibility index (Phi) is 8.14. The number of nitrogens with two attached hydrogens (primary N) is 1. The van der Waals surface area contributed by atoms with Crippen molar-refractivity contribution in [2.75, 3.05) is 18.0 Å². The minimum atomic E-state index is -0.564. The van der Waals surface area contributed by atoms with Crippen LogP contribution >= 0.6 is 24.2 Å².